The number of amides is 1. The number of anilines is 2. The lowest BCUT2D eigenvalue weighted by molar-refractivity contribution is 0.0921. The fourth-order valence-electron chi connectivity index (χ4n) is 2.23. The van der Waals surface area contributed by atoms with Gasteiger partial charge in [-0.3, -0.25) is 4.79 Å². The molecule has 8 heteroatoms. The van der Waals surface area contributed by atoms with Crippen LogP contribution in [-0.4, -0.2) is 62.2 Å². The summed E-state index contributed by atoms with van der Waals surface area (Å²) in [6.07, 6.45) is 1.94. The van der Waals surface area contributed by atoms with Gasteiger partial charge in [0.2, 0.25) is 0 Å². The molecule has 0 unspecified atom stereocenters. The number of aromatic nitrogens is 1. The highest BCUT2D eigenvalue weighted by molar-refractivity contribution is 7.18. The van der Waals surface area contributed by atoms with Crippen LogP contribution in [0.3, 0.4) is 0 Å². The smallest absolute Gasteiger partial charge is 0.265 e. The average molecular weight is 313 g/mol. The number of nitrogens with one attached hydrogen (secondary N) is 2. The van der Waals surface area contributed by atoms with E-state index in [9.17, 15) is 4.79 Å². The molecule has 1 fully saturated rings. The van der Waals surface area contributed by atoms with Crippen LogP contribution in [-0.2, 0) is 4.74 Å². The van der Waals surface area contributed by atoms with E-state index in [4.69, 9.17) is 10.5 Å². The number of nitrogens with zero attached hydrogens (tertiary/aromatic N) is 2. The van der Waals surface area contributed by atoms with Crippen molar-refractivity contribution >= 4 is 28.2 Å². The predicted octanol–water partition coefficient (Wildman–Crippen LogP) is 0.608. The molecular weight excluding hydrogens is 290 g/mol. The van der Waals surface area contributed by atoms with E-state index in [0.717, 1.165) is 25.9 Å². The van der Waals surface area contributed by atoms with Crippen molar-refractivity contribution in [1.29, 1.82) is 0 Å². The van der Waals surface area contributed by atoms with Crippen LogP contribution < -0.4 is 16.4 Å². The number of carbonyl (C=O) groups is 1. The molecule has 2 rings (SSSR count). The number of piperidine rings is 1. The van der Waals surface area contributed by atoms with Gasteiger partial charge >= 0.3 is 0 Å². The topological polar surface area (TPSA) is 92.5 Å². The third kappa shape index (κ3) is 4.55. The first-order chi connectivity index (χ1) is 10.1. The number of hydrogen-bond donors (Lipinski definition) is 3. The van der Waals surface area contributed by atoms with Crippen molar-refractivity contribution in [3.05, 3.63) is 4.88 Å². The average Bonchev–Trinajstić information content (AvgIpc) is 2.83. The van der Waals surface area contributed by atoms with Crippen LogP contribution in [0.1, 0.15) is 22.5 Å². The zero-order chi connectivity index (χ0) is 15.2. The summed E-state index contributed by atoms with van der Waals surface area (Å²) in [4.78, 5) is 19.2. The molecule has 1 aliphatic rings. The second-order valence-corrected chi connectivity index (χ2v) is 6.20. The Morgan fingerprint density at radius 2 is 2.24 bits per heavy atom. The number of hydrogen-bond acceptors (Lipinski definition) is 7. The maximum absolute atomic E-state index is 12.3. The largest absolute Gasteiger partial charge is 0.383 e. The standard InChI is InChI=1S/C13H23N5O2S/c1-18-6-3-9(4-7-18)16-12(19)10-11(14)17-13(21-10)15-5-8-20-2/h9H,3-8,14H2,1-2H3,(H,15,17)(H,16,19). The second-order valence-electron chi connectivity index (χ2n) is 5.20. The zero-order valence-electron chi connectivity index (χ0n) is 12.5. The van der Waals surface area contributed by atoms with Gasteiger partial charge in [-0.1, -0.05) is 11.3 Å². The fraction of sp³-hybridized carbons (Fsp3) is 0.692. The summed E-state index contributed by atoms with van der Waals surface area (Å²) < 4.78 is 4.96. The van der Waals surface area contributed by atoms with Crippen molar-refractivity contribution in [3.8, 4) is 0 Å². The molecule has 0 saturated carbocycles. The molecule has 0 bridgehead atoms. The SMILES string of the molecule is COCCNc1nc(N)c(C(=O)NC2CCN(C)CC2)s1. The summed E-state index contributed by atoms with van der Waals surface area (Å²) in [6.45, 7) is 3.23. The summed E-state index contributed by atoms with van der Waals surface area (Å²) in [5.41, 5.74) is 5.83. The van der Waals surface area contributed by atoms with E-state index in [1.54, 1.807) is 7.11 Å². The monoisotopic (exact) mass is 313 g/mol. The molecule has 1 aliphatic heterocycles. The van der Waals surface area contributed by atoms with Crippen molar-refractivity contribution in [1.82, 2.24) is 15.2 Å². The number of likely N-dealkylation sites (tertiary alicyclic amines) is 1. The fourth-order valence-corrected chi connectivity index (χ4v) is 3.05. The van der Waals surface area contributed by atoms with Gasteiger partial charge in [-0.15, -0.1) is 0 Å². The lowest BCUT2D eigenvalue weighted by atomic mass is 10.1. The lowest BCUT2D eigenvalue weighted by Gasteiger charge is -2.29. The quantitative estimate of drug-likeness (QED) is 0.666. The molecule has 0 spiro atoms. The lowest BCUT2D eigenvalue weighted by Crippen LogP contribution is -2.43. The van der Waals surface area contributed by atoms with Crippen LogP contribution in [0, 0.1) is 0 Å². The van der Waals surface area contributed by atoms with E-state index in [1.807, 2.05) is 0 Å². The van der Waals surface area contributed by atoms with Crippen molar-refractivity contribution in [2.75, 3.05) is 51.4 Å². The molecule has 1 aromatic rings. The first-order valence-electron chi connectivity index (χ1n) is 7.08. The van der Waals surface area contributed by atoms with Crippen molar-refractivity contribution in [3.63, 3.8) is 0 Å². The van der Waals surface area contributed by atoms with E-state index >= 15 is 0 Å². The van der Waals surface area contributed by atoms with E-state index in [0.29, 0.717) is 23.2 Å². The Kier molecular flexibility index (Phi) is 5.77. The summed E-state index contributed by atoms with van der Waals surface area (Å²) in [5.74, 6) is 0.157. The number of rotatable bonds is 6. The molecule has 7 nitrogen and oxygen atoms in total. The number of thiazole rings is 1. The van der Waals surface area contributed by atoms with Gasteiger partial charge in [0.25, 0.3) is 5.91 Å². The van der Waals surface area contributed by atoms with Gasteiger partial charge in [-0.25, -0.2) is 4.98 Å². The van der Waals surface area contributed by atoms with Crippen LogP contribution in [0.15, 0.2) is 0 Å². The van der Waals surface area contributed by atoms with Gasteiger partial charge in [-0.2, -0.15) is 0 Å². The highest BCUT2D eigenvalue weighted by Crippen LogP contribution is 2.25. The molecule has 0 aromatic carbocycles. The minimum Gasteiger partial charge on any atom is -0.383 e. The Bertz CT molecular complexity index is 471. The first-order valence-corrected chi connectivity index (χ1v) is 7.90. The zero-order valence-corrected chi connectivity index (χ0v) is 13.3. The minimum atomic E-state index is -0.126. The predicted molar refractivity (Wildman–Crippen MR) is 84.9 cm³/mol. The Balaban J connectivity index is 1.89. The molecule has 0 radical (unpaired) electrons. The Morgan fingerprint density at radius 1 is 1.52 bits per heavy atom. The number of nitrogens with two attached hydrogens (primary N) is 1. The van der Waals surface area contributed by atoms with Crippen molar-refractivity contribution < 1.29 is 9.53 Å². The van der Waals surface area contributed by atoms with E-state index in [1.165, 1.54) is 11.3 Å². The van der Waals surface area contributed by atoms with E-state index < -0.39 is 0 Å². The van der Waals surface area contributed by atoms with Crippen molar-refractivity contribution in [2.45, 2.75) is 18.9 Å². The molecular formula is C13H23N5O2S. The van der Waals surface area contributed by atoms with Crippen LogP contribution in [0.4, 0.5) is 10.9 Å². The maximum Gasteiger partial charge on any atom is 0.265 e. The van der Waals surface area contributed by atoms with E-state index in [2.05, 4.69) is 27.6 Å². The normalized spacial score (nSPS) is 16.9. The number of methoxy groups -OCH3 is 1. The van der Waals surface area contributed by atoms with Gasteiger partial charge in [0.15, 0.2) is 5.13 Å². The highest BCUT2D eigenvalue weighted by Gasteiger charge is 2.22. The van der Waals surface area contributed by atoms with Crippen LogP contribution in [0.2, 0.25) is 0 Å². The second kappa shape index (κ2) is 7.58. The Hall–Kier alpha value is -1.38. The third-order valence-electron chi connectivity index (χ3n) is 3.50. The van der Waals surface area contributed by atoms with Gasteiger partial charge in [0.1, 0.15) is 10.7 Å². The summed E-state index contributed by atoms with van der Waals surface area (Å²) in [5, 5.41) is 6.79. The van der Waals surface area contributed by atoms with Gasteiger partial charge < -0.3 is 26.0 Å². The van der Waals surface area contributed by atoms with E-state index in [-0.39, 0.29) is 17.8 Å². The molecule has 118 valence electrons. The summed E-state index contributed by atoms with van der Waals surface area (Å²) in [6, 6.07) is 0.222. The molecule has 1 saturated heterocycles. The minimum absolute atomic E-state index is 0.126. The third-order valence-corrected chi connectivity index (χ3v) is 4.52. The first kappa shape index (κ1) is 16.0. The molecule has 0 aliphatic carbocycles. The number of nitrogen functional groups attached to an aromatic ring is 1. The summed E-state index contributed by atoms with van der Waals surface area (Å²) >= 11 is 1.28. The maximum atomic E-state index is 12.3. The highest BCUT2D eigenvalue weighted by atomic mass is 32.1. The van der Waals surface area contributed by atoms with Crippen LogP contribution >= 0.6 is 11.3 Å². The summed E-state index contributed by atoms with van der Waals surface area (Å²) in [7, 11) is 3.73. The number of ether oxygens (including phenoxy) is 1. The molecule has 4 N–H and O–H groups in total. The molecule has 2 heterocycles. The Morgan fingerprint density at radius 3 is 2.90 bits per heavy atom. The van der Waals surface area contributed by atoms with Gasteiger partial charge in [0.05, 0.1) is 6.61 Å². The molecule has 1 aromatic heterocycles. The van der Waals surface area contributed by atoms with Gasteiger partial charge in [0, 0.05) is 19.7 Å². The number of carbonyl (C=O) groups excluding carboxylic acids is 1. The molecule has 21 heavy (non-hydrogen) atoms. The van der Waals surface area contributed by atoms with Crippen LogP contribution in [0.5, 0.6) is 0 Å². The molecule has 1 amide bonds. The Labute approximate surface area is 128 Å². The molecule has 0 atom stereocenters. The van der Waals surface area contributed by atoms with Crippen LogP contribution in [0.25, 0.3) is 0 Å². The van der Waals surface area contributed by atoms with Gasteiger partial charge in [-0.05, 0) is 33.0 Å². The van der Waals surface area contributed by atoms with Crippen molar-refractivity contribution in [2.24, 2.45) is 0 Å².